The number of carbonyl (C=O) groups excluding carboxylic acids is 1. The molecule has 2 heterocycles. The highest BCUT2D eigenvalue weighted by molar-refractivity contribution is 5.95. The fourth-order valence-electron chi connectivity index (χ4n) is 4.71. The minimum Gasteiger partial charge on any atom is -0.478 e. The van der Waals surface area contributed by atoms with Crippen molar-refractivity contribution in [3.8, 4) is 16.8 Å². The first-order valence-electron chi connectivity index (χ1n) is 12.8. The summed E-state index contributed by atoms with van der Waals surface area (Å²) in [5.74, 6) is -1.43. The van der Waals surface area contributed by atoms with Crippen LogP contribution in [-0.4, -0.2) is 31.3 Å². The van der Waals surface area contributed by atoms with E-state index in [0.29, 0.717) is 12.1 Å². The largest absolute Gasteiger partial charge is 0.478 e. The van der Waals surface area contributed by atoms with Crippen LogP contribution in [-0.2, 0) is 11.2 Å². The van der Waals surface area contributed by atoms with Gasteiger partial charge in [-0.2, -0.15) is 5.10 Å². The molecule has 0 saturated heterocycles. The first kappa shape index (κ1) is 26.4. The van der Waals surface area contributed by atoms with Crippen molar-refractivity contribution in [2.24, 2.45) is 0 Å². The lowest BCUT2D eigenvalue weighted by molar-refractivity contribution is -0.119. The number of nitrogens with zero attached hydrogens (tertiary/aromatic N) is 3. The average Bonchev–Trinajstić information content (AvgIpc) is 3.30. The molecule has 0 aliphatic rings. The number of anilines is 1. The Kier molecular flexibility index (Phi) is 7.41. The van der Waals surface area contributed by atoms with Gasteiger partial charge in [-0.25, -0.2) is 9.48 Å². The maximum atomic E-state index is 13.5. The van der Waals surface area contributed by atoms with Crippen LogP contribution in [0.5, 0.6) is 0 Å². The summed E-state index contributed by atoms with van der Waals surface area (Å²) in [7, 11) is 0. The number of aromatic nitrogens is 3. The molecule has 0 radical (unpaired) electrons. The van der Waals surface area contributed by atoms with Gasteiger partial charge in [0.15, 0.2) is 0 Å². The van der Waals surface area contributed by atoms with Crippen LogP contribution in [0.1, 0.15) is 33.4 Å². The molecule has 0 aliphatic carbocycles. The lowest BCUT2D eigenvalue weighted by atomic mass is 10.0. The van der Waals surface area contributed by atoms with E-state index in [4.69, 9.17) is 5.11 Å². The molecule has 40 heavy (non-hydrogen) atoms. The maximum absolute atomic E-state index is 13.5. The number of rotatable bonds is 8. The Morgan fingerprint density at radius 1 is 0.875 bits per heavy atom. The SMILES string of the molecule is Cc1cc(C)n(-c2cccc(-c3ccn(C(Cc4ccccc4)C(=O)Nc4ccc(C(=O)O)cc4)c(=O)c3)c2)n1. The van der Waals surface area contributed by atoms with Gasteiger partial charge in [0.25, 0.3) is 5.56 Å². The van der Waals surface area contributed by atoms with Gasteiger partial charge >= 0.3 is 5.97 Å². The van der Waals surface area contributed by atoms with Crippen LogP contribution in [0.15, 0.2) is 108 Å². The van der Waals surface area contributed by atoms with Crippen molar-refractivity contribution in [1.29, 1.82) is 0 Å². The van der Waals surface area contributed by atoms with Crippen LogP contribution in [0, 0.1) is 13.8 Å². The highest BCUT2D eigenvalue weighted by Gasteiger charge is 2.23. The van der Waals surface area contributed by atoms with Crippen molar-refractivity contribution < 1.29 is 14.7 Å². The van der Waals surface area contributed by atoms with Gasteiger partial charge in [-0.15, -0.1) is 0 Å². The number of aryl methyl sites for hydroxylation is 2. The molecule has 2 N–H and O–H groups in total. The Morgan fingerprint density at radius 3 is 2.25 bits per heavy atom. The molecule has 3 aromatic carbocycles. The first-order valence-corrected chi connectivity index (χ1v) is 12.8. The topological polar surface area (TPSA) is 106 Å². The summed E-state index contributed by atoms with van der Waals surface area (Å²) in [6.45, 7) is 3.94. The monoisotopic (exact) mass is 532 g/mol. The van der Waals surface area contributed by atoms with Gasteiger partial charge in [-0.05, 0) is 79.1 Å². The number of carboxylic acid groups (broad SMARTS) is 1. The molecule has 0 fully saturated rings. The predicted molar refractivity (Wildman–Crippen MR) is 154 cm³/mol. The van der Waals surface area contributed by atoms with Gasteiger partial charge in [-0.1, -0.05) is 42.5 Å². The van der Waals surface area contributed by atoms with Crippen molar-refractivity contribution in [3.05, 3.63) is 136 Å². The standard InChI is InChI=1S/C32H28N4O4/c1-21-17-22(2)36(34-21)28-10-6-9-25(19-28)26-15-16-35(30(37)20-26)29(18-23-7-4-3-5-8-23)31(38)33-27-13-11-24(12-14-27)32(39)40/h3-17,19-20,29H,18H2,1-2H3,(H,33,38)(H,39,40). The molecule has 1 unspecified atom stereocenters. The van der Waals surface area contributed by atoms with Gasteiger partial charge in [-0.3, -0.25) is 9.59 Å². The number of pyridine rings is 1. The molecule has 1 amide bonds. The summed E-state index contributed by atoms with van der Waals surface area (Å²) in [5, 5.41) is 16.5. The van der Waals surface area contributed by atoms with E-state index in [1.54, 1.807) is 6.20 Å². The van der Waals surface area contributed by atoms with Gasteiger partial charge in [0.05, 0.1) is 16.9 Å². The second kappa shape index (κ2) is 11.2. The molecule has 5 aromatic rings. The number of carboxylic acids is 1. The third-order valence-corrected chi connectivity index (χ3v) is 6.69. The number of amides is 1. The van der Waals surface area contributed by atoms with E-state index in [-0.39, 0.29) is 17.0 Å². The molecular formula is C32H28N4O4. The normalized spacial score (nSPS) is 11.7. The van der Waals surface area contributed by atoms with Gasteiger partial charge < -0.3 is 15.0 Å². The Balaban J connectivity index is 1.46. The number of hydrogen-bond donors (Lipinski definition) is 2. The molecular weight excluding hydrogens is 504 g/mol. The zero-order chi connectivity index (χ0) is 28.2. The van der Waals surface area contributed by atoms with E-state index < -0.39 is 12.0 Å². The second-order valence-electron chi connectivity index (χ2n) is 9.63. The van der Waals surface area contributed by atoms with E-state index in [9.17, 15) is 14.4 Å². The molecule has 2 aromatic heterocycles. The Hall–Kier alpha value is -5.24. The van der Waals surface area contributed by atoms with Crippen molar-refractivity contribution in [2.45, 2.75) is 26.3 Å². The Labute approximate surface area is 231 Å². The van der Waals surface area contributed by atoms with E-state index >= 15 is 0 Å². The molecule has 1 atom stereocenters. The summed E-state index contributed by atoms with van der Waals surface area (Å²) < 4.78 is 3.30. The Bertz CT molecular complexity index is 1740. The van der Waals surface area contributed by atoms with Crippen LogP contribution < -0.4 is 10.9 Å². The van der Waals surface area contributed by atoms with E-state index in [2.05, 4.69) is 10.4 Å². The number of aromatic carboxylic acids is 1. The summed E-state index contributed by atoms with van der Waals surface area (Å²) in [5.41, 5.74) is 5.56. The summed E-state index contributed by atoms with van der Waals surface area (Å²) in [6, 6.07) is 27.7. The summed E-state index contributed by atoms with van der Waals surface area (Å²) in [4.78, 5) is 38.1. The zero-order valence-corrected chi connectivity index (χ0v) is 22.1. The minimum absolute atomic E-state index is 0.118. The van der Waals surface area contributed by atoms with E-state index in [1.807, 2.05) is 85.3 Å². The highest BCUT2D eigenvalue weighted by Crippen LogP contribution is 2.23. The van der Waals surface area contributed by atoms with Crippen molar-refractivity contribution in [1.82, 2.24) is 14.3 Å². The smallest absolute Gasteiger partial charge is 0.335 e. The van der Waals surface area contributed by atoms with Crippen LogP contribution in [0.4, 0.5) is 5.69 Å². The predicted octanol–water partition coefficient (Wildman–Crippen LogP) is 5.44. The minimum atomic E-state index is -1.05. The van der Waals surface area contributed by atoms with E-state index in [0.717, 1.165) is 33.8 Å². The van der Waals surface area contributed by atoms with Crippen molar-refractivity contribution >= 4 is 17.6 Å². The van der Waals surface area contributed by atoms with Gasteiger partial charge in [0, 0.05) is 30.1 Å². The average molecular weight is 533 g/mol. The third kappa shape index (κ3) is 5.76. The molecule has 0 aliphatic heterocycles. The summed E-state index contributed by atoms with van der Waals surface area (Å²) in [6.07, 6.45) is 1.95. The fraction of sp³-hybridized carbons (Fsp3) is 0.125. The fourth-order valence-corrected chi connectivity index (χ4v) is 4.71. The number of carbonyl (C=O) groups is 2. The lowest BCUT2D eigenvalue weighted by Crippen LogP contribution is -2.34. The number of hydrogen-bond acceptors (Lipinski definition) is 4. The maximum Gasteiger partial charge on any atom is 0.335 e. The third-order valence-electron chi connectivity index (χ3n) is 6.69. The first-order chi connectivity index (χ1) is 19.3. The second-order valence-corrected chi connectivity index (χ2v) is 9.63. The van der Waals surface area contributed by atoms with Crippen molar-refractivity contribution in [3.63, 3.8) is 0 Å². The lowest BCUT2D eigenvalue weighted by Gasteiger charge is -2.20. The van der Waals surface area contributed by atoms with Gasteiger partial charge in [0.2, 0.25) is 5.91 Å². The molecule has 200 valence electrons. The van der Waals surface area contributed by atoms with Crippen LogP contribution in [0.3, 0.4) is 0 Å². The van der Waals surface area contributed by atoms with Gasteiger partial charge in [0.1, 0.15) is 6.04 Å². The molecule has 0 bridgehead atoms. The van der Waals surface area contributed by atoms with E-state index in [1.165, 1.54) is 34.9 Å². The molecule has 0 saturated carbocycles. The quantitative estimate of drug-likeness (QED) is 0.277. The Morgan fingerprint density at radius 2 is 1.60 bits per heavy atom. The molecule has 5 rings (SSSR count). The molecule has 8 nitrogen and oxygen atoms in total. The zero-order valence-electron chi connectivity index (χ0n) is 22.1. The number of benzene rings is 3. The number of nitrogens with one attached hydrogen (secondary N) is 1. The molecule has 0 spiro atoms. The molecule has 8 heteroatoms. The van der Waals surface area contributed by atoms with Crippen molar-refractivity contribution in [2.75, 3.05) is 5.32 Å². The highest BCUT2D eigenvalue weighted by atomic mass is 16.4. The summed E-state index contributed by atoms with van der Waals surface area (Å²) >= 11 is 0. The van der Waals surface area contributed by atoms with Crippen LogP contribution in [0.2, 0.25) is 0 Å². The van der Waals surface area contributed by atoms with Crippen LogP contribution in [0.25, 0.3) is 16.8 Å². The van der Waals surface area contributed by atoms with Crippen LogP contribution >= 0.6 is 0 Å².